The van der Waals surface area contributed by atoms with Crippen molar-refractivity contribution in [2.24, 2.45) is 0 Å². The molecule has 1 heterocycles. The third kappa shape index (κ3) is 4.30. The normalized spacial score (nSPS) is 14.1. The third-order valence-corrected chi connectivity index (χ3v) is 7.37. The van der Waals surface area contributed by atoms with Crippen molar-refractivity contribution in [1.82, 2.24) is 9.97 Å². The van der Waals surface area contributed by atoms with Crippen LogP contribution in [-0.2, 0) is 0 Å². The van der Waals surface area contributed by atoms with E-state index in [0.717, 1.165) is 6.20 Å². The molecule has 0 atom stereocenters. The number of benzene rings is 2. The summed E-state index contributed by atoms with van der Waals surface area (Å²) in [5.41, 5.74) is -10.3. The van der Waals surface area contributed by atoms with E-state index in [1.54, 1.807) is 24.3 Å². The van der Waals surface area contributed by atoms with Gasteiger partial charge in [-0.05, 0) is 28.8 Å². The molecule has 0 unspecified atom stereocenters. The Labute approximate surface area is 273 Å². The van der Waals surface area contributed by atoms with Gasteiger partial charge in [-0.1, -0.05) is 0 Å². The minimum absolute atomic E-state index is 0.455. The average molecular weight is 636 g/mol. The van der Waals surface area contributed by atoms with E-state index in [-0.39, 0.29) is 0 Å². The Hall–Kier alpha value is -8.83. The number of fused-ring (bicyclic) bond motifs is 2. The summed E-state index contributed by atoms with van der Waals surface area (Å²) >= 11 is 0. The molecule has 49 heavy (non-hydrogen) atoms. The second-order valence-electron chi connectivity index (χ2n) is 9.47. The van der Waals surface area contributed by atoms with E-state index in [4.69, 9.17) is 31.6 Å². The predicted octanol–water partition coefficient (Wildman–Crippen LogP) is 6.62. The number of nitriles is 6. The largest absolute Gasteiger partial charge is 0.270 e. The SMILES string of the molecule is [C-]#[N+]C1=C(c2cc(F)c([N+]#[C-])cc2F)/C(=C(/C#N)[N+]#[C-])c2c(C#N)c3c(c(C#N)c21)C(C#N)=C(c1cnc(C#N)nc1F)/C3=C(\C#N)[N+]#[C-]. The van der Waals surface area contributed by atoms with Crippen LogP contribution in [-0.4, -0.2) is 9.97 Å². The molecule has 2 aromatic carbocycles. The van der Waals surface area contributed by atoms with E-state index in [1.807, 2.05) is 6.07 Å². The van der Waals surface area contributed by atoms with Crippen LogP contribution < -0.4 is 0 Å². The zero-order chi connectivity index (χ0) is 35.7. The average Bonchev–Trinajstić information content (AvgIpc) is 3.62. The summed E-state index contributed by atoms with van der Waals surface area (Å²) in [5, 5.41) is 60.7. The van der Waals surface area contributed by atoms with Crippen LogP contribution in [0.5, 0.6) is 0 Å². The Bertz CT molecular complexity index is 2720. The highest BCUT2D eigenvalue weighted by atomic mass is 19.1. The molecule has 3 aromatic rings. The fourth-order valence-electron chi connectivity index (χ4n) is 5.60. The molecule has 12 nitrogen and oxygen atoms in total. The summed E-state index contributed by atoms with van der Waals surface area (Å²) in [4.78, 5) is 19.7. The summed E-state index contributed by atoms with van der Waals surface area (Å²) in [6, 6.07) is 11.2. The zero-order valence-electron chi connectivity index (χ0n) is 23.7. The Morgan fingerprint density at radius 2 is 1.24 bits per heavy atom. The van der Waals surface area contributed by atoms with Crippen molar-refractivity contribution in [3.8, 4) is 36.4 Å². The highest BCUT2D eigenvalue weighted by Crippen LogP contribution is 2.58. The maximum absolute atomic E-state index is 15.6. The van der Waals surface area contributed by atoms with E-state index in [0.29, 0.717) is 12.1 Å². The molecule has 0 bridgehead atoms. The number of hydrogen-bond donors (Lipinski definition) is 0. The first kappa shape index (κ1) is 31.6. The summed E-state index contributed by atoms with van der Waals surface area (Å²) in [6.07, 6.45) is 0.787. The highest BCUT2D eigenvalue weighted by molar-refractivity contribution is 6.31. The van der Waals surface area contributed by atoms with E-state index in [2.05, 4.69) is 29.3 Å². The van der Waals surface area contributed by atoms with Gasteiger partial charge in [0.15, 0.2) is 0 Å². The molecule has 0 saturated carbocycles. The third-order valence-electron chi connectivity index (χ3n) is 7.37. The molecule has 0 spiro atoms. The molecular formula is C34H3F3N12. The number of hydrogen-bond acceptors (Lipinski definition) is 8. The van der Waals surface area contributed by atoms with Crippen LogP contribution >= 0.6 is 0 Å². The molecule has 2 aliphatic carbocycles. The Balaban J connectivity index is 2.13. The molecule has 5 rings (SSSR count). The predicted molar refractivity (Wildman–Crippen MR) is 159 cm³/mol. The van der Waals surface area contributed by atoms with E-state index in [1.165, 1.54) is 6.07 Å². The van der Waals surface area contributed by atoms with Gasteiger partial charge in [-0.2, -0.15) is 30.4 Å². The number of nitrogens with zero attached hydrogens (tertiary/aromatic N) is 12. The van der Waals surface area contributed by atoms with Crippen molar-refractivity contribution in [1.29, 1.82) is 31.6 Å². The van der Waals surface area contributed by atoms with Crippen LogP contribution in [0.1, 0.15) is 50.3 Å². The van der Waals surface area contributed by atoms with E-state index < -0.39 is 119 Å². The maximum Gasteiger partial charge on any atom is 0.270 e. The van der Waals surface area contributed by atoms with Crippen LogP contribution in [0.3, 0.4) is 0 Å². The van der Waals surface area contributed by atoms with Gasteiger partial charge in [0.05, 0.1) is 66.8 Å². The fraction of sp³-hybridized carbons (Fsp3) is 0. The summed E-state index contributed by atoms with van der Waals surface area (Å²) in [5.74, 6) is -4.50. The molecule has 2 aliphatic rings. The molecule has 0 N–H and O–H groups in total. The van der Waals surface area contributed by atoms with Gasteiger partial charge in [-0.25, -0.2) is 43.7 Å². The molecule has 0 saturated heterocycles. The monoisotopic (exact) mass is 636 g/mol. The van der Waals surface area contributed by atoms with Crippen molar-refractivity contribution >= 4 is 39.2 Å². The van der Waals surface area contributed by atoms with Gasteiger partial charge >= 0.3 is 0 Å². The van der Waals surface area contributed by atoms with Gasteiger partial charge in [-0.15, -0.1) is 0 Å². The van der Waals surface area contributed by atoms with Crippen molar-refractivity contribution in [2.75, 3.05) is 0 Å². The van der Waals surface area contributed by atoms with Crippen molar-refractivity contribution < 1.29 is 13.2 Å². The first-order chi connectivity index (χ1) is 23.7. The minimum Gasteiger partial charge on any atom is -0.237 e. The quantitative estimate of drug-likeness (QED) is 0.171. The first-order valence-electron chi connectivity index (χ1n) is 12.8. The summed E-state index contributed by atoms with van der Waals surface area (Å²) in [7, 11) is 0. The topological polar surface area (TPSA) is 186 Å². The smallest absolute Gasteiger partial charge is 0.237 e. The standard InChI is InChI=1S/C34H3F3N12/c1-44-21-6-19(35)14(5-20(21)36)29-32(23(11-42)46-3)28-17(9-40)27-25(16(8-39)30(28)33(29)47-4)15(7-38)26(31(27)22(10-41)45-2)18-13-48-24(12-43)49-34(18)37/h5-6,13H/b31-22-,32-23-. The van der Waals surface area contributed by atoms with Crippen LogP contribution in [0.4, 0.5) is 18.9 Å². The van der Waals surface area contributed by atoms with Crippen LogP contribution in [0.2, 0.25) is 0 Å². The number of aromatic nitrogens is 2. The highest BCUT2D eigenvalue weighted by Gasteiger charge is 2.44. The lowest BCUT2D eigenvalue weighted by Gasteiger charge is -2.17. The molecule has 1 aromatic heterocycles. The molecule has 0 aliphatic heterocycles. The molecule has 220 valence electrons. The summed E-state index contributed by atoms with van der Waals surface area (Å²) in [6.45, 7) is 30.5. The Morgan fingerprint density at radius 1 is 0.653 bits per heavy atom. The lowest BCUT2D eigenvalue weighted by atomic mass is 9.83. The van der Waals surface area contributed by atoms with Crippen molar-refractivity contribution in [2.45, 2.75) is 0 Å². The van der Waals surface area contributed by atoms with Gasteiger partial charge in [0.2, 0.25) is 23.2 Å². The van der Waals surface area contributed by atoms with Crippen LogP contribution in [0, 0.1) is 112 Å². The van der Waals surface area contributed by atoms with Gasteiger partial charge in [0, 0.05) is 39.6 Å². The minimum atomic E-state index is -1.38. The molecule has 0 amide bonds. The summed E-state index contributed by atoms with van der Waals surface area (Å²) < 4.78 is 46.0. The molecule has 15 heteroatoms. The second-order valence-corrected chi connectivity index (χ2v) is 9.47. The number of rotatable bonds is 2. The van der Waals surface area contributed by atoms with Crippen LogP contribution in [0.15, 0.2) is 29.7 Å². The molecule has 0 fully saturated rings. The lowest BCUT2D eigenvalue weighted by Crippen LogP contribution is -2.05. The Morgan fingerprint density at radius 3 is 1.73 bits per heavy atom. The van der Waals surface area contributed by atoms with Gasteiger partial charge in [-0.3, -0.25) is 0 Å². The zero-order valence-corrected chi connectivity index (χ0v) is 23.7. The van der Waals surface area contributed by atoms with E-state index in [9.17, 15) is 30.7 Å². The lowest BCUT2D eigenvalue weighted by molar-refractivity contribution is 0.573. The van der Waals surface area contributed by atoms with Gasteiger partial charge in [0.1, 0.15) is 29.8 Å². The van der Waals surface area contributed by atoms with Gasteiger partial charge < -0.3 is 0 Å². The number of halogens is 3. The maximum atomic E-state index is 15.6. The van der Waals surface area contributed by atoms with Crippen molar-refractivity contribution in [3.63, 3.8) is 0 Å². The van der Waals surface area contributed by atoms with E-state index >= 15 is 8.78 Å². The van der Waals surface area contributed by atoms with Gasteiger partial charge in [0.25, 0.3) is 11.4 Å². The first-order valence-corrected chi connectivity index (χ1v) is 12.8. The molecular weight excluding hydrogens is 633 g/mol. The van der Waals surface area contributed by atoms with Crippen molar-refractivity contribution in [3.05, 3.63) is 143 Å². The fourth-order valence-corrected chi connectivity index (χ4v) is 5.60. The molecule has 0 radical (unpaired) electrons. The number of allylic oxidation sites excluding steroid dienone is 7. The second kappa shape index (κ2) is 11.9. The Kier molecular flexibility index (Phi) is 7.69. The van der Waals surface area contributed by atoms with Crippen LogP contribution in [0.25, 0.3) is 52.9 Å².